The number of hydrogen-bond donors (Lipinski definition) is 2. The zero-order valence-corrected chi connectivity index (χ0v) is 9.87. The van der Waals surface area contributed by atoms with Gasteiger partial charge in [-0.3, -0.25) is 4.79 Å². The summed E-state index contributed by atoms with van der Waals surface area (Å²) in [6, 6.07) is 0.350. The number of rotatable bonds is 5. The lowest BCUT2D eigenvalue weighted by Gasteiger charge is -2.54. The van der Waals surface area contributed by atoms with Gasteiger partial charge in [-0.15, -0.1) is 0 Å². The van der Waals surface area contributed by atoms with Gasteiger partial charge in [0.15, 0.2) is 0 Å². The van der Waals surface area contributed by atoms with Gasteiger partial charge in [-0.1, -0.05) is 12.8 Å². The molecule has 4 nitrogen and oxygen atoms in total. The molecule has 0 amide bonds. The lowest BCUT2D eigenvalue weighted by Crippen LogP contribution is -2.63. The van der Waals surface area contributed by atoms with Gasteiger partial charge in [-0.25, -0.2) is 0 Å². The molecule has 2 atom stereocenters. The lowest BCUT2D eigenvalue weighted by molar-refractivity contribution is -0.143. The van der Waals surface area contributed by atoms with Crippen LogP contribution in [0, 0.1) is 5.41 Å². The molecule has 0 aliphatic heterocycles. The number of aliphatic carboxylic acids is 1. The van der Waals surface area contributed by atoms with Crippen molar-refractivity contribution in [1.82, 2.24) is 5.32 Å². The predicted octanol–water partition coefficient (Wildman–Crippen LogP) is 1.40. The molecule has 4 heteroatoms. The minimum Gasteiger partial charge on any atom is -0.480 e. The molecule has 0 radical (unpaired) electrons. The van der Waals surface area contributed by atoms with E-state index in [0.717, 1.165) is 13.0 Å². The maximum atomic E-state index is 10.6. The molecule has 16 heavy (non-hydrogen) atoms. The summed E-state index contributed by atoms with van der Waals surface area (Å²) in [5, 5.41) is 11.8. The smallest absolute Gasteiger partial charge is 0.317 e. The highest BCUT2D eigenvalue weighted by molar-refractivity contribution is 5.69. The van der Waals surface area contributed by atoms with E-state index in [1.165, 1.54) is 25.7 Å². The monoisotopic (exact) mass is 227 g/mol. The number of nitrogens with one attached hydrogen (secondary N) is 1. The van der Waals surface area contributed by atoms with Crippen molar-refractivity contribution in [2.45, 2.75) is 51.2 Å². The molecule has 92 valence electrons. The van der Waals surface area contributed by atoms with Crippen LogP contribution in [-0.4, -0.2) is 36.4 Å². The largest absolute Gasteiger partial charge is 0.480 e. The quantitative estimate of drug-likeness (QED) is 0.745. The number of carboxylic acid groups (broad SMARTS) is 1. The molecule has 2 saturated carbocycles. The maximum absolute atomic E-state index is 10.6. The zero-order chi connectivity index (χ0) is 11.6. The Hall–Kier alpha value is -0.610. The second-order valence-corrected chi connectivity index (χ2v) is 4.95. The number of hydrogen-bond acceptors (Lipinski definition) is 3. The van der Waals surface area contributed by atoms with Gasteiger partial charge in [0.05, 0.1) is 12.6 Å². The lowest BCUT2D eigenvalue weighted by atomic mass is 9.60. The summed E-state index contributed by atoms with van der Waals surface area (Å²) >= 11 is 0. The molecule has 2 N–H and O–H groups in total. The third-order valence-electron chi connectivity index (χ3n) is 4.19. The predicted molar refractivity (Wildman–Crippen MR) is 60.4 cm³/mol. The topological polar surface area (TPSA) is 58.6 Å². The van der Waals surface area contributed by atoms with Crippen molar-refractivity contribution in [3.05, 3.63) is 0 Å². The molecule has 2 fully saturated rings. The summed E-state index contributed by atoms with van der Waals surface area (Å²) in [6.45, 7) is 2.87. The van der Waals surface area contributed by atoms with Crippen LogP contribution in [0.5, 0.6) is 0 Å². The molecule has 2 aliphatic carbocycles. The Labute approximate surface area is 96.4 Å². The SMILES string of the molecule is CCOC1CC(NCC(=O)O)C12CCCC2. The molecular formula is C12H21NO3. The molecule has 1 spiro atoms. The van der Waals surface area contributed by atoms with E-state index < -0.39 is 5.97 Å². The third kappa shape index (κ3) is 1.96. The van der Waals surface area contributed by atoms with E-state index in [1.54, 1.807) is 0 Å². The first-order valence-corrected chi connectivity index (χ1v) is 6.26. The number of carbonyl (C=O) groups is 1. The van der Waals surface area contributed by atoms with E-state index in [1.807, 2.05) is 6.92 Å². The van der Waals surface area contributed by atoms with Crippen molar-refractivity contribution < 1.29 is 14.6 Å². The van der Waals surface area contributed by atoms with Crippen LogP contribution in [0.2, 0.25) is 0 Å². The Morgan fingerprint density at radius 3 is 2.75 bits per heavy atom. The van der Waals surface area contributed by atoms with Crippen LogP contribution in [0.1, 0.15) is 39.0 Å². The third-order valence-corrected chi connectivity index (χ3v) is 4.19. The Morgan fingerprint density at radius 1 is 1.50 bits per heavy atom. The second-order valence-electron chi connectivity index (χ2n) is 4.95. The van der Waals surface area contributed by atoms with Gasteiger partial charge in [0.25, 0.3) is 0 Å². The van der Waals surface area contributed by atoms with Crippen LogP contribution in [0.25, 0.3) is 0 Å². The highest BCUT2D eigenvalue weighted by Gasteiger charge is 2.56. The minimum atomic E-state index is -0.770. The zero-order valence-electron chi connectivity index (χ0n) is 9.87. The van der Waals surface area contributed by atoms with E-state index >= 15 is 0 Å². The highest BCUT2D eigenvalue weighted by Crippen LogP contribution is 2.54. The van der Waals surface area contributed by atoms with Gasteiger partial charge in [-0.05, 0) is 26.2 Å². The molecular weight excluding hydrogens is 206 g/mol. The highest BCUT2D eigenvalue weighted by atomic mass is 16.5. The Bertz CT molecular complexity index is 261. The molecule has 0 heterocycles. The Balaban J connectivity index is 1.92. The van der Waals surface area contributed by atoms with Crippen molar-refractivity contribution in [3.63, 3.8) is 0 Å². The fraction of sp³-hybridized carbons (Fsp3) is 0.917. The summed E-state index contributed by atoms with van der Waals surface area (Å²) in [4.78, 5) is 10.6. The van der Waals surface area contributed by atoms with Crippen LogP contribution >= 0.6 is 0 Å². The van der Waals surface area contributed by atoms with E-state index in [0.29, 0.717) is 12.1 Å². The molecule has 0 aromatic heterocycles. The Kier molecular flexibility index (Phi) is 3.50. The van der Waals surface area contributed by atoms with Crippen molar-refractivity contribution in [2.75, 3.05) is 13.2 Å². The molecule has 2 unspecified atom stereocenters. The molecule has 0 aromatic rings. The van der Waals surface area contributed by atoms with Crippen molar-refractivity contribution in [2.24, 2.45) is 5.41 Å². The van der Waals surface area contributed by atoms with Crippen LogP contribution < -0.4 is 5.32 Å². The summed E-state index contributed by atoms with van der Waals surface area (Å²) in [6.07, 6.45) is 6.22. The molecule has 2 rings (SSSR count). The number of carboxylic acids is 1. The van der Waals surface area contributed by atoms with Gasteiger partial charge in [0, 0.05) is 18.1 Å². The van der Waals surface area contributed by atoms with Crippen molar-refractivity contribution in [3.8, 4) is 0 Å². The molecule has 2 aliphatic rings. The van der Waals surface area contributed by atoms with E-state index in [4.69, 9.17) is 9.84 Å². The molecule has 0 bridgehead atoms. The van der Waals surface area contributed by atoms with Crippen LogP contribution in [-0.2, 0) is 9.53 Å². The van der Waals surface area contributed by atoms with Crippen molar-refractivity contribution in [1.29, 1.82) is 0 Å². The number of ether oxygens (including phenoxy) is 1. The van der Waals surface area contributed by atoms with Gasteiger partial charge in [0.1, 0.15) is 0 Å². The first-order valence-electron chi connectivity index (χ1n) is 6.26. The van der Waals surface area contributed by atoms with E-state index in [9.17, 15) is 4.79 Å². The summed E-state index contributed by atoms with van der Waals surface area (Å²) in [7, 11) is 0. The molecule has 0 aromatic carbocycles. The first kappa shape index (κ1) is 11.9. The van der Waals surface area contributed by atoms with E-state index in [-0.39, 0.29) is 12.0 Å². The van der Waals surface area contributed by atoms with Gasteiger partial charge in [0.2, 0.25) is 0 Å². The van der Waals surface area contributed by atoms with Crippen LogP contribution in [0.3, 0.4) is 0 Å². The first-order chi connectivity index (χ1) is 7.69. The maximum Gasteiger partial charge on any atom is 0.317 e. The molecule has 0 saturated heterocycles. The van der Waals surface area contributed by atoms with Crippen molar-refractivity contribution >= 4 is 5.97 Å². The fourth-order valence-corrected chi connectivity index (χ4v) is 3.38. The normalized spacial score (nSPS) is 31.6. The summed E-state index contributed by atoms with van der Waals surface area (Å²) in [5.41, 5.74) is 0.242. The second kappa shape index (κ2) is 4.72. The van der Waals surface area contributed by atoms with Gasteiger partial charge >= 0.3 is 5.97 Å². The summed E-state index contributed by atoms with van der Waals surface area (Å²) < 4.78 is 5.77. The van der Waals surface area contributed by atoms with Crippen LogP contribution in [0.15, 0.2) is 0 Å². The summed E-state index contributed by atoms with van der Waals surface area (Å²) in [5.74, 6) is -0.770. The van der Waals surface area contributed by atoms with Gasteiger partial charge in [-0.2, -0.15) is 0 Å². The minimum absolute atomic E-state index is 0.0747. The van der Waals surface area contributed by atoms with E-state index in [2.05, 4.69) is 5.32 Å². The average molecular weight is 227 g/mol. The standard InChI is InChI=1S/C12H21NO3/c1-2-16-10-7-9(13-8-11(14)15)12(10)5-3-4-6-12/h9-10,13H,2-8H2,1H3,(H,14,15). The van der Waals surface area contributed by atoms with Gasteiger partial charge < -0.3 is 15.2 Å². The van der Waals surface area contributed by atoms with Crippen LogP contribution in [0.4, 0.5) is 0 Å². The fourth-order valence-electron chi connectivity index (χ4n) is 3.38. The Morgan fingerprint density at radius 2 is 2.19 bits per heavy atom. The average Bonchev–Trinajstić information content (AvgIpc) is 2.73.